The van der Waals surface area contributed by atoms with Crippen LogP contribution in [0.4, 0.5) is 22.0 Å². The standard InChI is InChI=1S/C7H4F5NO/c8-6(9)14-5-1-4(2-13-3-5)7(10,11)12/h1-3,6H. The lowest BCUT2D eigenvalue weighted by Gasteiger charge is -2.08. The molecule has 0 fully saturated rings. The fourth-order valence-electron chi connectivity index (χ4n) is 0.741. The van der Waals surface area contributed by atoms with Crippen molar-refractivity contribution < 1.29 is 26.7 Å². The van der Waals surface area contributed by atoms with Crippen molar-refractivity contribution in [3.8, 4) is 5.75 Å². The van der Waals surface area contributed by atoms with E-state index in [9.17, 15) is 22.0 Å². The van der Waals surface area contributed by atoms with Crippen LogP contribution in [0.2, 0.25) is 0 Å². The zero-order valence-corrected chi connectivity index (χ0v) is 6.55. The van der Waals surface area contributed by atoms with Crippen LogP contribution < -0.4 is 4.74 Å². The van der Waals surface area contributed by atoms with E-state index >= 15 is 0 Å². The monoisotopic (exact) mass is 213 g/mol. The molecular weight excluding hydrogens is 209 g/mol. The normalized spacial score (nSPS) is 11.9. The van der Waals surface area contributed by atoms with Crippen LogP contribution in [0.1, 0.15) is 5.56 Å². The third-order valence-corrected chi connectivity index (χ3v) is 1.27. The molecule has 0 saturated carbocycles. The summed E-state index contributed by atoms with van der Waals surface area (Å²) < 4.78 is 63.1. The Balaban J connectivity index is 2.90. The van der Waals surface area contributed by atoms with Crippen molar-refractivity contribution in [3.63, 3.8) is 0 Å². The van der Waals surface area contributed by atoms with E-state index in [1.807, 2.05) is 0 Å². The molecule has 1 aromatic rings. The van der Waals surface area contributed by atoms with Crippen molar-refractivity contribution in [1.82, 2.24) is 4.98 Å². The maximum Gasteiger partial charge on any atom is 0.418 e. The lowest BCUT2D eigenvalue weighted by atomic mass is 10.3. The zero-order chi connectivity index (χ0) is 10.8. The number of pyridine rings is 1. The topological polar surface area (TPSA) is 22.1 Å². The Morgan fingerprint density at radius 2 is 1.86 bits per heavy atom. The Kier molecular flexibility index (Phi) is 2.87. The Morgan fingerprint density at radius 1 is 1.21 bits per heavy atom. The second-order valence-corrected chi connectivity index (χ2v) is 2.29. The number of halogens is 5. The lowest BCUT2D eigenvalue weighted by molar-refractivity contribution is -0.138. The first-order chi connectivity index (χ1) is 6.39. The molecule has 0 bridgehead atoms. The largest absolute Gasteiger partial charge is 0.433 e. The number of aromatic nitrogens is 1. The summed E-state index contributed by atoms with van der Waals surface area (Å²) in [5.74, 6) is -0.616. The molecule has 0 N–H and O–H groups in total. The molecule has 0 saturated heterocycles. The number of rotatable bonds is 2. The fourth-order valence-corrected chi connectivity index (χ4v) is 0.741. The van der Waals surface area contributed by atoms with Crippen LogP contribution in [0.25, 0.3) is 0 Å². The summed E-state index contributed by atoms with van der Waals surface area (Å²) in [4.78, 5) is 3.13. The van der Waals surface area contributed by atoms with Gasteiger partial charge in [0.1, 0.15) is 5.75 Å². The molecule has 0 aromatic carbocycles. The molecule has 0 unspecified atom stereocenters. The molecule has 0 spiro atoms. The van der Waals surface area contributed by atoms with Crippen molar-refractivity contribution in [2.45, 2.75) is 12.8 Å². The number of nitrogens with zero attached hydrogens (tertiary/aromatic N) is 1. The number of hydrogen-bond donors (Lipinski definition) is 0. The maximum atomic E-state index is 12.0. The van der Waals surface area contributed by atoms with Crippen molar-refractivity contribution in [2.75, 3.05) is 0 Å². The number of alkyl halides is 5. The highest BCUT2D eigenvalue weighted by Gasteiger charge is 2.31. The molecule has 0 aliphatic heterocycles. The molecule has 0 aliphatic carbocycles. The van der Waals surface area contributed by atoms with Crippen LogP contribution in [0.15, 0.2) is 18.5 Å². The van der Waals surface area contributed by atoms with Gasteiger partial charge in [0.25, 0.3) is 0 Å². The van der Waals surface area contributed by atoms with Crippen LogP contribution in [-0.4, -0.2) is 11.6 Å². The van der Waals surface area contributed by atoms with E-state index in [2.05, 4.69) is 9.72 Å². The molecule has 0 radical (unpaired) electrons. The van der Waals surface area contributed by atoms with Gasteiger partial charge in [0.15, 0.2) is 0 Å². The predicted octanol–water partition coefficient (Wildman–Crippen LogP) is 2.70. The Hall–Kier alpha value is -1.40. The third-order valence-electron chi connectivity index (χ3n) is 1.27. The van der Waals surface area contributed by atoms with Gasteiger partial charge in [0.2, 0.25) is 0 Å². The zero-order valence-electron chi connectivity index (χ0n) is 6.55. The van der Waals surface area contributed by atoms with Crippen LogP contribution in [0, 0.1) is 0 Å². The Labute approximate surface area is 75.3 Å². The third kappa shape index (κ3) is 2.82. The van der Waals surface area contributed by atoms with E-state index < -0.39 is 24.1 Å². The number of ether oxygens (including phenoxy) is 1. The highest BCUT2D eigenvalue weighted by molar-refractivity contribution is 5.25. The summed E-state index contributed by atoms with van der Waals surface area (Å²) in [7, 11) is 0. The minimum absolute atomic E-state index is 0.457. The smallest absolute Gasteiger partial charge is 0.418 e. The first-order valence-electron chi connectivity index (χ1n) is 3.36. The van der Waals surface area contributed by atoms with Gasteiger partial charge in [-0.25, -0.2) is 0 Å². The first-order valence-corrected chi connectivity index (χ1v) is 3.36. The van der Waals surface area contributed by atoms with Crippen molar-refractivity contribution in [1.29, 1.82) is 0 Å². The van der Waals surface area contributed by atoms with Gasteiger partial charge in [-0.1, -0.05) is 0 Å². The molecule has 14 heavy (non-hydrogen) atoms. The molecule has 1 aromatic heterocycles. The van der Waals surface area contributed by atoms with E-state index in [1.54, 1.807) is 0 Å². The predicted molar refractivity (Wildman–Crippen MR) is 35.9 cm³/mol. The summed E-state index contributed by atoms with van der Waals surface area (Å²) in [5, 5.41) is 0. The SMILES string of the molecule is FC(F)Oc1cncc(C(F)(F)F)c1. The molecule has 0 aliphatic rings. The van der Waals surface area contributed by atoms with Crippen LogP contribution in [-0.2, 0) is 6.18 Å². The van der Waals surface area contributed by atoms with Gasteiger partial charge in [-0.15, -0.1) is 0 Å². The minimum atomic E-state index is -4.62. The van der Waals surface area contributed by atoms with E-state index in [4.69, 9.17) is 0 Å². The molecule has 1 heterocycles. The highest BCUT2D eigenvalue weighted by Crippen LogP contribution is 2.30. The molecule has 2 nitrogen and oxygen atoms in total. The van der Waals surface area contributed by atoms with Gasteiger partial charge in [-0.3, -0.25) is 4.98 Å². The van der Waals surface area contributed by atoms with Gasteiger partial charge in [0.05, 0.1) is 11.8 Å². The summed E-state index contributed by atoms with van der Waals surface area (Å²) in [5.41, 5.74) is -1.13. The molecule has 78 valence electrons. The second-order valence-electron chi connectivity index (χ2n) is 2.29. The van der Waals surface area contributed by atoms with Gasteiger partial charge in [0, 0.05) is 6.20 Å². The van der Waals surface area contributed by atoms with Crippen molar-refractivity contribution in [3.05, 3.63) is 24.0 Å². The summed E-state index contributed by atoms with van der Waals surface area (Å²) >= 11 is 0. The lowest BCUT2D eigenvalue weighted by Crippen LogP contribution is -2.07. The van der Waals surface area contributed by atoms with Crippen LogP contribution >= 0.6 is 0 Å². The minimum Gasteiger partial charge on any atom is -0.433 e. The fraction of sp³-hybridized carbons (Fsp3) is 0.286. The van der Waals surface area contributed by atoms with Crippen molar-refractivity contribution in [2.24, 2.45) is 0 Å². The quantitative estimate of drug-likeness (QED) is 0.704. The number of hydrogen-bond acceptors (Lipinski definition) is 2. The van der Waals surface area contributed by atoms with E-state index in [0.29, 0.717) is 12.3 Å². The van der Waals surface area contributed by atoms with Gasteiger partial charge in [-0.05, 0) is 6.07 Å². The van der Waals surface area contributed by atoms with Crippen molar-refractivity contribution >= 4 is 0 Å². The molecule has 0 atom stereocenters. The molecule has 0 amide bonds. The summed E-state index contributed by atoms with van der Waals surface area (Å²) in [6.45, 7) is -3.17. The molecular formula is C7H4F5NO. The van der Waals surface area contributed by atoms with Gasteiger partial charge >= 0.3 is 12.8 Å². The van der Waals surface area contributed by atoms with Gasteiger partial charge < -0.3 is 4.74 Å². The average molecular weight is 213 g/mol. The van der Waals surface area contributed by atoms with Crippen LogP contribution in [0.5, 0.6) is 5.75 Å². The molecule has 1 rings (SSSR count). The van der Waals surface area contributed by atoms with E-state index in [-0.39, 0.29) is 0 Å². The maximum absolute atomic E-state index is 12.0. The molecule has 7 heteroatoms. The first kappa shape index (κ1) is 10.7. The second kappa shape index (κ2) is 3.77. The average Bonchev–Trinajstić information content (AvgIpc) is 2.01. The van der Waals surface area contributed by atoms with E-state index in [1.165, 1.54) is 0 Å². The summed E-state index contributed by atoms with van der Waals surface area (Å²) in [6, 6.07) is 0.457. The Bertz CT molecular complexity index is 311. The van der Waals surface area contributed by atoms with Crippen LogP contribution in [0.3, 0.4) is 0 Å². The highest BCUT2D eigenvalue weighted by atomic mass is 19.4. The van der Waals surface area contributed by atoms with Gasteiger partial charge in [-0.2, -0.15) is 22.0 Å². The van der Waals surface area contributed by atoms with E-state index in [0.717, 1.165) is 6.20 Å². The summed E-state index contributed by atoms with van der Waals surface area (Å²) in [6.07, 6.45) is -3.31. The Morgan fingerprint density at radius 3 is 2.36 bits per heavy atom.